The summed E-state index contributed by atoms with van der Waals surface area (Å²) in [6.07, 6.45) is -0.581. The Labute approximate surface area is 223 Å². The predicted octanol–water partition coefficient (Wildman–Crippen LogP) is 6.14. The molecule has 2 aromatic heterocycles. The average molecular weight is 559 g/mol. The third-order valence-corrected chi connectivity index (χ3v) is 7.19. The van der Waals surface area contributed by atoms with Crippen LogP contribution in [0, 0.1) is 5.82 Å². The second kappa shape index (κ2) is 11.0. The normalized spacial score (nSPS) is 15.7. The quantitative estimate of drug-likeness (QED) is 0.274. The summed E-state index contributed by atoms with van der Waals surface area (Å²) in [6, 6.07) is 12.0. The van der Waals surface area contributed by atoms with Gasteiger partial charge in [0, 0.05) is 29.3 Å². The summed E-state index contributed by atoms with van der Waals surface area (Å²) < 4.78 is 80.6. The Balaban J connectivity index is 1.50. The van der Waals surface area contributed by atoms with Crippen LogP contribution >= 0.6 is 0 Å². The van der Waals surface area contributed by atoms with Crippen molar-refractivity contribution in [3.63, 3.8) is 0 Å². The molecular formula is C27H22F4N4O3S. The first-order valence-electron chi connectivity index (χ1n) is 12.0. The molecule has 0 bridgehead atoms. The van der Waals surface area contributed by atoms with Crippen LogP contribution < -0.4 is 14.2 Å². The van der Waals surface area contributed by atoms with Crippen molar-refractivity contribution in [2.75, 3.05) is 17.9 Å². The van der Waals surface area contributed by atoms with Gasteiger partial charge in [0.2, 0.25) is 11.8 Å². The van der Waals surface area contributed by atoms with Crippen molar-refractivity contribution < 1.29 is 31.2 Å². The highest BCUT2D eigenvalue weighted by Crippen LogP contribution is 2.44. The SMILES string of the molecule is CCOc1ccc(-c2cc(C(F)(F)F)ccc2C2CCOc3cc(S(=O)Nc4ncc(F)cn4)ccc32)cn1. The molecule has 2 unspecified atom stereocenters. The van der Waals surface area contributed by atoms with Crippen molar-refractivity contribution in [1.82, 2.24) is 15.0 Å². The Hall–Kier alpha value is -4.06. The second-order valence-electron chi connectivity index (χ2n) is 8.60. The van der Waals surface area contributed by atoms with Crippen LogP contribution in [-0.2, 0) is 17.2 Å². The molecule has 202 valence electrons. The zero-order chi connectivity index (χ0) is 27.6. The van der Waals surface area contributed by atoms with Crippen LogP contribution in [0.3, 0.4) is 0 Å². The Bertz CT molecular complexity index is 1500. The van der Waals surface area contributed by atoms with E-state index < -0.39 is 28.5 Å². The predicted molar refractivity (Wildman–Crippen MR) is 136 cm³/mol. The lowest BCUT2D eigenvalue weighted by molar-refractivity contribution is -0.137. The maximum absolute atomic E-state index is 13.6. The summed E-state index contributed by atoms with van der Waals surface area (Å²) in [4.78, 5) is 12.1. The molecule has 7 nitrogen and oxygen atoms in total. The minimum Gasteiger partial charge on any atom is -0.493 e. The Morgan fingerprint density at radius 2 is 1.79 bits per heavy atom. The maximum Gasteiger partial charge on any atom is 0.416 e. The lowest BCUT2D eigenvalue weighted by atomic mass is 9.82. The average Bonchev–Trinajstić information content (AvgIpc) is 2.93. The molecule has 0 saturated heterocycles. The molecule has 3 heterocycles. The van der Waals surface area contributed by atoms with Gasteiger partial charge in [-0.3, -0.25) is 4.72 Å². The summed E-state index contributed by atoms with van der Waals surface area (Å²) in [5.41, 5.74) is 1.60. The third kappa shape index (κ3) is 5.85. The van der Waals surface area contributed by atoms with Crippen LogP contribution in [0.2, 0.25) is 0 Å². The van der Waals surface area contributed by atoms with Crippen LogP contribution in [0.1, 0.15) is 36.0 Å². The number of hydrogen-bond acceptors (Lipinski definition) is 6. The van der Waals surface area contributed by atoms with Crippen LogP contribution in [0.4, 0.5) is 23.5 Å². The monoisotopic (exact) mass is 558 g/mol. The van der Waals surface area contributed by atoms with E-state index in [1.54, 1.807) is 30.3 Å². The summed E-state index contributed by atoms with van der Waals surface area (Å²) in [7, 11) is -1.77. The number of ether oxygens (including phenoxy) is 2. The Kier molecular flexibility index (Phi) is 7.47. The number of aromatic nitrogens is 3. The van der Waals surface area contributed by atoms with Crippen LogP contribution in [0.25, 0.3) is 11.1 Å². The van der Waals surface area contributed by atoms with E-state index in [1.807, 2.05) is 6.92 Å². The minimum absolute atomic E-state index is 0.00962. The number of hydrogen-bond donors (Lipinski definition) is 1. The Morgan fingerprint density at radius 3 is 2.49 bits per heavy atom. The lowest BCUT2D eigenvalue weighted by Crippen LogP contribution is -2.17. The first kappa shape index (κ1) is 26.5. The molecule has 1 aliphatic heterocycles. The van der Waals surface area contributed by atoms with Gasteiger partial charge >= 0.3 is 6.18 Å². The number of nitrogens with zero attached hydrogens (tertiary/aromatic N) is 3. The molecule has 12 heteroatoms. The number of benzene rings is 2. The van der Waals surface area contributed by atoms with Crippen molar-refractivity contribution in [2.45, 2.75) is 30.3 Å². The number of pyridine rings is 1. The first-order chi connectivity index (χ1) is 18.7. The fraction of sp³-hybridized carbons (Fsp3) is 0.222. The van der Waals surface area contributed by atoms with E-state index >= 15 is 0 Å². The standard InChI is InChI=1S/C27H22F4N4O3S/c1-2-37-25-8-3-16(13-32-25)23-11-17(27(29,30)31)4-6-20(23)21-9-10-38-24-12-19(5-7-22(21)24)39(36)35-26-33-14-18(28)15-34-26/h3-8,11-15,21H,2,9-10H2,1H3,(H,33,34,35). The summed E-state index contributed by atoms with van der Waals surface area (Å²) in [5.74, 6) is -0.0674. The van der Waals surface area contributed by atoms with Gasteiger partial charge in [-0.2, -0.15) is 13.2 Å². The Morgan fingerprint density at radius 1 is 1.03 bits per heavy atom. The fourth-order valence-electron chi connectivity index (χ4n) is 4.37. The lowest BCUT2D eigenvalue weighted by Gasteiger charge is -2.29. The third-order valence-electron chi connectivity index (χ3n) is 6.14. The molecule has 0 spiro atoms. The molecule has 39 heavy (non-hydrogen) atoms. The van der Waals surface area contributed by atoms with E-state index in [0.717, 1.165) is 30.1 Å². The molecule has 1 N–H and O–H groups in total. The molecule has 4 aromatic rings. The zero-order valence-corrected chi connectivity index (χ0v) is 21.4. The van der Waals surface area contributed by atoms with Gasteiger partial charge in [0.15, 0.2) is 16.8 Å². The topological polar surface area (TPSA) is 86.2 Å². The van der Waals surface area contributed by atoms with Gasteiger partial charge in [-0.05, 0) is 54.8 Å². The molecule has 0 radical (unpaired) electrons. The number of fused-ring (bicyclic) bond motifs is 1. The highest BCUT2D eigenvalue weighted by Gasteiger charge is 2.33. The molecule has 0 saturated carbocycles. The molecule has 0 fully saturated rings. The minimum atomic E-state index is -4.51. The van der Waals surface area contributed by atoms with E-state index in [2.05, 4.69) is 19.7 Å². The highest BCUT2D eigenvalue weighted by molar-refractivity contribution is 7.86. The molecule has 2 atom stereocenters. The highest BCUT2D eigenvalue weighted by atomic mass is 32.2. The number of alkyl halides is 3. The van der Waals surface area contributed by atoms with Crippen LogP contribution in [-0.4, -0.2) is 32.4 Å². The molecule has 1 aliphatic rings. The van der Waals surface area contributed by atoms with Gasteiger partial charge in [-0.1, -0.05) is 12.1 Å². The maximum atomic E-state index is 13.6. The smallest absolute Gasteiger partial charge is 0.416 e. The van der Waals surface area contributed by atoms with E-state index in [1.165, 1.54) is 12.3 Å². The first-order valence-corrected chi connectivity index (χ1v) is 13.1. The van der Waals surface area contributed by atoms with Crippen molar-refractivity contribution in [2.24, 2.45) is 0 Å². The van der Waals surface area contributed by atoms with Crippen LogP contribution in [0.15, 0.2) is 72.0 Å². The second-order valence-corrected chi connectivity index (χ2v) is 9.82. The van der Waals surface area contributed by atoms with Crippen LogP contribution in [0.5, 0.6) is 11.6 Å². The number of nitrogens with one attached hydrogen (secondary N) is 1. The number of rotatable bonds is 7. The van der Waals surface area contributed by atoms with E-state index in [0.29, 0.717) is 52.8 Å². The van der Waals surface area contributed by atoms with Crippen molar-refractivity contribution in [3.05, 3.63) is 89.6 Å². The van der Waals surface area contributed by atoms with Gasteiger partial charge < -0.3 is 9.47 Å². The van der Waals surface area contributed by atoms with Crippen molar-refractivity contribution in [1.29, 1.82) is 0 Å². The fourth-order valence-corrected chi connectivity index (χ4v) is 5.17. The molecule has 2 aromatic carbocycles. The van der Waals surface area contributed by atoms with Gasteiger partial charge in [0.1, 0.15) is 5.75 Å². The summed E-state index contributed by atoms with van der Waals surface area (Å²) in [6.45, 7) is 2.54. The number of halogens is 4. The zero-order valence-electron chi connectivity index (χ0n) is 20.5. The number of anilines is 1. The largest absolute Gasteiger partial charge is 0.493 e. The molecular weight excluding hydrogens is 536 g/mol. The van der Waals surface area contributed by atoms with Gasteiger partial charge in [-0.15, -0.1) is 0 Å². The summed E-state index contributed by atoms with van der Waals surface area (Å²) in [5, 5.41) is 0. The van der Waals surface area contributed by atoms with E-state index in [4.69, 9.17) is 9.47 Å². The molecule has 5 rings (SSSR count). The van der Waals surface area contributed by atoms with Gasteiger partial charge in [0.25, 0.3) is 0 Å². The van der Waals surface area contributed by atoms with Gasteiger partial charge in [0.05, 0.1) is 36.1 Å². The summed E-state index contributed by atoms with van der Waals surface area (Å²) >= 11 is 0. The van der Waals surface area contributed by atoms with Crippen molar-refractivity contribution >= 4 is 16.9 Å². The van der Waals surface area contributed by atoms with E-state index in [9.17, 15) is 21.8 Å². The van der Waals surface area contributed by atoms with E-state index in [-0.39, 0.29) is 11.9 Å². The van der Waals surface area contributed by atoms with Crippen molar-refractivity contribution in [3.8, 4) is 22.8 Å². The van der Waals surface area contributed by atoms with Gasteiger partial charge in [-0.25, -0.2) is 23.6 Å². The molecule has 0 aliphatic carbocycles. The molecule has 0 amide bonds.